The lowest BCUT2D eigenvalue weighted by Crippen LogP contribution is -2.41. The van der Waals surface area contributed by atoms with Crippen molar-refractivity contribution in [1.82, 2.24) is 4.90 Å². The number of hydrogen-bond acceptors (Lipinski definition) is 2. The predicted octanol–water partition coefficient (Wildman–Crippen LogP) is 7.25. The van der Waals surface area contributed by atoms with Crippen LogP contribution in [-0.2, 0) is 12.0 Å². The Bertz CT molecular complexity index is 821. The average Bonchev–Trinajstić information content (AvgIpc) is 2.67. The van der Waals surface area contributed by atoms with Gasteiger partial charge in [0, 0.05) is 28.2 Å². The highest BCUT2D eigenvalue weighted by Crippen LogP contribution is 2.51. The number of benzene rings is 2. The first kappa shape index (κ1) is 22.2. The van der Waals surface area contributed by atoms with E-state index in [0.29, 0.717) is 22.0 Å². The summed E-state index contributed by atoms with van der Waals surface area (Å²) in [6.07, 6.45) is 6.12. The Morgan fingerprint density at radius 3 is 2.28 bits per heavy atom. The van der Waals surface area contributed by atoms with Gasteiger partial charge in [0.05, 0.1) is 11.5 Å². The van der Waals surface area contributed by atoms with E-state index in [1.165, 1.54) is 12.0 Å². The molecule has 2 atom stereocenters. The number of nitrogens with zero attached hydrogens (tertiary/aromatic N) is 2. The summed E-state index contributed by atoms with van der Waals surface area (Å²) in [5, 5.41) is 11.6. The smallest absolute Gasteiger partial charge is 0.0879 e. The third kappa shape index (κ3) is 4.80. The van der Waals surface area contributed by atoms with Crippen LogP contribution in [0.15, 0.2) is 48.5 Å². The Morgan fingerprint density at radius 1 is 1.10 bits per heavy atom. The first-order valence-corrected chi connectivity index (χ1v) is 11.4. The van der Waals surface area contributed by atoms with E-state index in [1.807, 2.05) is 24.3 Å². The van der Waals surface area contributed by atoms with E-state index in [4.69, 9.17) is 23.2 Å². The quantitative estimate of drug-likeness (QED) is 0.420. The topological polar surface area (TPSA) is 27.0 Å². The lowest BCUT2D eigenvalue weighted by Gasteiger charge is -2.43. The second kappa shape index (κ2) is 9.98. The molecule has 0 radical (unpaired) electrons. The van der Waals surface area contributed by atoms with Crippen molar-refractivity contribution in [1.29, 1.82) is 5.26 Å². The number of halogens is 2. The van der Waals surface area contributed by atoms with Crippen LogP contribution < -0.4 is 0 Å². The zero-order valence-electron chi connectivity index (χ0n) is 17.4. The zero-order valence-corrected chi connectivity index (χ0v) is 18.9. The van der Waals surface area contributed by atoms with Crippen LogP contribution in [0.1, 0.15) is 56.6 Å². The molecule has 0 N–H and O–H groups in total. The molecule has 1 aliphatic carbocycles. The third-order valence-electron chi connectivity index (χ3n) is 6.65. The summed E-state index contributed by atoms with van der Waals surface area (Å²) in [4.78, 5) is 2.41. The van der Waals surface area contributed by atoms with Gasteiger partial charge in [0.1, 0.15) is 0 Å². The summed E-state index contributed by atoms with van der Waals surface area (Å²) in [7, 11) is 2.18. The Balaban J connectivity index is 1.82. The highest BCUT2D eigenvalue weighted by atomic mass is 35.5. The first-order chi connectivity index (χ1) is 14.0. The van der Waals surface area contributed by atoms with Crippen molar-refractivity contribution < 1.29 is 0 Å². The van der Waals surface area contributed by atoms with Crippen LogP contribution in [0.2, 0.25) is 10.0 Å². The summed E-state index contributed by atoms with van der Waals surface area (Å²) in [6, 6.07) is 19.3. The van der Waals surface area contributed by atoms with Crippen LogP contribution in [0.25, 0.3) is 0 Å². The van der Waals surface area contributed by atoms with Crippen molar-refractivity contribution >= 4 is 23.2 Å². The van der Waals surface area contributed by atoms with E-state index in [0.717, 1.165) is 44.2 Å². The fourth-order valence-corrected chi connectivity index (χ4v) is 5.43. The Labute approximate surface area is 185 Å². The summed E-state index contributed by atoms with van der Waals surface area (Å²) in [5.41, 5.74) is 1.55. The summed E-state index contributed by atoms with van der Waals surface area (Å²) < 4.78 is 0. The van der Waals surface area contributed by atoms with Crippen molar-refractivity contribution in [2.75, 3.05) is 7.05 Å². The van der Waals surface area contributed by atoms with Gasteiger partial charge in [-0.25, -0.2) is 0 Å². The van der Waals surface area contributed by atoms with Crippen molar-refractivity contribution in [3.8, 4) is 6.07 Å². The maximum absolute atomic E-state index is 10.4. The van der Waals surface area contributed by atoms with Gasteiger partial charge in [-0.3, -0.25) is 4.90 Å². The molecule has 0 bridgehead atoms. The molecule has 2 aromatic carbocycles. The monoisotopic (exact) mass is 428 g/mol. The predicted molar refractivity (Wildman–Crippen MR) is 122 cm³/mol. The van der Waals surface area contributed by atoms with Crippen LogP contribution in [0.3, 0.4) is 0 Å². The fourth-order valence-electron chi connectivity index (χ4n) is 4.69. The molecule has 0 aliphatic heterocycles. The van der Waals surface area contributed by atoms with Crippen LogP contribution >= 0.6 is 23.2 Å². The minimum Gasteiger partial charge on any atom is -0.299 e. The molecule has 0 heterocycles. The molecular weight excluding hydrogens is 399 g/mol. The van der Waals surface area contributed by atoms with Crippen LogP contribution in [0.4, 0.5) is 0 Å². The van der Waals surface area contributed by atoms with E-state index < -0.39 is 5.41 Å². The third-order valence-corrected chi connectivity index (χ3v) is 7.28. The molecule has 1 saturated carbocycles. The SMILES string of the molecule is CCC(CCC(C#N)(c1c(Cl)cccc1Cl)C1CCC1)N(C)Cc1ccccc1. The molecule has 4 heteroatoms. The molecule has 2 nitrogen and oxygen atoms in total. The van der Waals surface area contributed by atoms with Crippen LogP contribution in [0.5, 0.6) is 0 Å². The summed E-state index contributed by atoms with van der Waals surface area (Å²) in [5.74, 6) is 0.335. The van der Waals surface area contributed by atoms with Gasteiger partial charge >= 0.3 is 0 Å². The van der Waals surface area contributed by atoms with Crippen molar-refractivity contribution in [2.24, 2.45) is 5.92 Å². The highest BCUT2D eigenvalue weighted by Gasteiger charge is 2.46. The molecule has 29 heavy (non-hydrogen) atoms. The van der Waals surface area contributed by atoms with E-state index in [2.05, 4.69) is 49.2 Å². The molecule has 1 aliphatic rings. The Hall–Kier alpha value is -1.53. The number of rotatable bonds is 9. The molecule has 2 aromatic rings. The maximum atomic E-state index is 10.4. The molecule has 0 aromatic heterocycles. The van der Waals surface area contributed by atoms with Gasteiger partial charge < -0.3 is 0 Å². The standard InChI is InChI=1S/C25H30Cl2N2/c1-3-21(29(2)17-19-9-5-4-6-10-19)15-16-25(18-28,20-11-7-12-20)24-22(26)13-8-14-23(24)27/h4-6,8-10,13-14,20-21H,3,7,11-12,15-17H2,1-2H3. The highest BCUT2D eigenvalue weighted by molar-refractivity contribution is 6.36. The summed E-state index contributed by atoms with van der Waals surface area (Å²) in [6.45, 7) is 3.14. The number of nitriles is 1. The van der Waals surface area contributed by atoms with Gasteiger partial charge in [-0.2, -0.15) is 5.26 Å². The molecule has 3 rings (SSSR count). The first-order valence-electron chi connectivity index (χ1n) is 10.6. The van der Waals surface area contributed by atoms with Gasteiger partial charge in [0.2, 0.25) is 0 Å². The second-order valence-electron chi connectivity index (χ2n) is 8.31. The van der Waals surface area contributed by atoms with Crippen LogP contribution in [0, 0.1) is 17.2 Å². The minimum absolute atomic E-state index is 0.335. The van der Waals surface area contributed by atoms with Gasteiger partial charge in [0.15, 0.2) is 0 Å². The zero-order chi connectivity index (χ0) is 20.9. The number of hydrogen-bond donors (Lipinski definition) is 0. The Kier molecular flexibility index (Phi) is 7.63. The maximum Gasteiger partial charge on any atom is 0.0879 e. The van der Waals surface area contributed by atoms with Gasteiger partial charge in [0.25, 0.3) is 0 Å². The van der Waals surface area contributed by atoms with Gasteiger partial charge in [-0.05, 0) is 62.8 Å². The second-order valence-corrected chi connectivity index (χ2v) is 9.12. The van der Waals surface area contributed by atoms with Crippen molar-refractivity contribution in [2.45, 2.75) is 63.5 Å². The lowest BCUT2D eigenvalue weighted by molar-refractivity contribution is 0.161. The fraction of sp³-hybridized carbons (Fsp3) is 0.480. The minimum atomic E-state index is -0.602. The molecule has 0 amide bonds. The molecule has 1 fully saturated rings. The molecular formula is C25H30Cl2N2. The van der Waals surface area contributed by atoms with Gasteiger partial charge in [-0.15, -0.1) is 0 Å². The largest absolute Gasteiger partial charge is 0.299 e. The van der Waals surface area contributed by atoms with Gasteiger partial charge in [-0.1, -0.05) is 72.9 Å². The average molecular weight is 429 g/mol. The molecule has 154 valence electrons. The normalized spacial score (nSPS) is 17.4. The molecule has 0 spiro atoms. The van der Waals surface area contributed by atoms with Crippen molar-refractivity contribution in [3.05, 3.63) is 69.7 Å². The van der Waals surface area contributed by atoms with Crippen LogP contribution in [-0.4, -0.2) is 18.0 Å². The molecule has 2 unspecified atom stereocenters. The van der Waals surface area contributed by atoms with E-state index in [9.17, 15) is 5.26 Å². The molecule has 0 saturated heterocycles. The Morgan fingerprint density at radius 2 is 1.76 bits per heavy atom. The van der Waals surface area contributed by atoms with E-state index in [-0.39, 0.29) is 0 Å². The lowest BCUT2D eigenvalue weighted by atomic mass is 9.60. The van der Waals surface area contributed by atoms with E-state index in [1.54, 1.807) is 0 Å². The summed E-state index contributed by atoms with van der Waals surface area (Å²) >= 11 is 13.2. The van der Waals surface area contributed by atoms with Crippen molar-refractivity contribution in [3.63, 3.8) is 0 Å². The van der Waals surface area contributed by atoms with E-state index >= 15 is 0 Å².